The van der Waals surface area contributed by atoms with E-state index >= 15 is 0 Å². The molecule has 0 amide bonds. The molecule has 0 aliphatic heterocycles. The van der Waals surface area contributed by atoms with Gasteiger partial charge in [0.1, 0.15) is 12.4 Å². The zero-order valence-electron chi connectivity index (χ0n) is 8.26. The van der Waals surface area contributed by atoms with E-state index < -0.39 is 18.7 Å². The Morgan fingerprint density at radius 1 is 1.29 bits per heavy atom. The molecule has 1 atom stereocenters. The molecule has 7 heteroatoms. The third kappa shape index (κ3) is 3.89. The van der Waals surface area contributed by atoms with E-state index in [1.54, 1.807) is 18.2 Å². The Morgan fingerprint density at radius 2 is 1.82 bits per heavy atom. The van der Waals surface area contributed by atoms with E-state index in [1.165, 1.54) is 6.07 Å². The molecule has 0 spiro atoms. The molecule has 0 saturated heterocycles. The van der Waals surface area contributed by atoms with Crippen LogP contribution in [0.1, 0.15) is 0 Å². The van der Waals surface area contributed by atoms with Gasteiger partial charge >= 0.3 is 6.18 Å². The summed E-state index contributed by atoms with van der Waals surface area (Å²) in [4.78, 5) is 0. The van der Waals surface area contributed by atoms with Gasteiger partial charge in [0, 0.05) is 0 Å². The van der Waals surface area contributed by atoms with Crippen LogP contribution < -0.4 is 4.74 Å². The summed E-state index contributed by atoms with van der Waals surface area (Å²) in [7, 11) is 0. The summed E-state index contributed by atoms with van der Waals surface area (Å²) in [6, 6.07) is 6.14. The summed E-state index contributed by atoms with van der Waals surface area (Å²) in [6.07, 6.45) is -4.58. The molecule has 0 heterocycles. The maximum Gasteiger partial charge on any atom is 0.407 e. The maximum atomic E-state index is 12.3. The molecule has 0 bridgehead atoms. The number of ether oxygens (including phenoxy) is 1. The topological polar surface area (TPSA) is 33.0 Å². The summed E-state index contributed by atoms with van der Waals surface area (Å²) in [6.45, 7) is -0.735. The number of rotatable bonds is 3. The minimum Gasteiger partial charge on any atom is -0.489 e. The van der Waals surface area contributed by atoms with Crippen molar-refractivity contribution < 1.29 is 17.9 Å². The molecule has 92 valence electrons. The quantitative estimate of drug-likeness (QED) is 0.792. The molecule has 2 nitrogen and oxygen atoms in total. The fourth-order valence-electron chi connectivity index (χ4n) is 0.992. The van der Waals surface area contributed by atoms with Crippen LogP contribution in [0.3, 0.4) is 0 Å². The largest absolute Gasteiger partial charge is 0.489 e. The monoisotopic (exact) mass is 371 g/mol. The van der Waals surface area contributed by atoms with Crippen LogP contribution in [0.5, 0.6) is 5.75 Å². The zero-order chi connectivity index (χ0) is 13.1. The lowest BCUT2D eigenvalue weighted by atomic mass is 10.2. The van der Waals surface area contributed by atoms with Gasteiger partial charge in [0.25, 0.3) is 0 Å². The third-order valence-corrected chi connectivity index (χ3v) is 3.11. The van der Waals surface area contributed by atoms with E-state index in [4.69, 9.17) is 10.00 Å². The van der Waals surface area contributed by atoms with Gasteiger partial charge in [0.05, 0.1) is 15.0 Å². The van der Waals surface area contributed by atoms with Crippen LogP contribution in [0.4, 0.5) is 13.2 Å². The van der Waals surface area contributed by atoms with Gasteiger partial charge in [-0.15, -0.1) is 0 Å². The van der Waals surface area contributed by atoms with Crippen LogP contribution in [-0.2, 0) is 0 Å². The van der Waals surface area contributed by atoms with Crippen LogP contribution in [0.15, 0.2) is 27.1 Å². The van der Waals surface area contributed by atoms with Crippen molar-refractivity contribution in [3.05, 3.63) is 27.1 Å². The molecule has 0 fully saturated rings. The molecule has 0 aliphatic carbocycles. The number of para-hydroxylation sites is 1. The highest BCUT2D eigenvalue weighted by molar-refractivity contribution is 9.11. The van der Waals surface area contributed by atoms with E-state index in [0.717, 1.165) is 0 Å². The molecule has 1 rings (SSSR count). The van der Waals surface area contributed by atoms with Crippen LogP contribution in [0.2, 0.25) is 0 Å². The number of alkyl halides is 3. The Hall–Kier alpha value is -0.740. The van der Waals surface area contributed by atoms with Gasteiger partial charge in [-0.1, -0.05) is 6.07 Å². The number of nitriles is 1. The molecule has 0 aromatic heterocycles. The van der Waals surface area contributed by atoms with Crippen LogP contribution in [0, 0.1) is 17.2 Å². The smallest absolute Gasteiger partial charge is 0.407 e. The minimum atomic E-state index is -4.58. The summed E-state index contributed by atoms with van der Waals surface area (Å²) < 4.78 is 42.9. The highest BCUT2D eigenvalue weighted by atomic mass is 79.9. The summed E-state index contributed by atoms with van der Waals surface area (Å²) >= 11 is 6.30. The van der Waals surface area contributed by atoms with Crippen LogP contribution in [0.25, 0.3) is 0 Å². The fourth-order valence-corrected chi connectivity index (χ4v) is 2.22. The highest BCUT2D eigenvalue weighted by Gasteiger charge is 2.40. The molecular formula is C10H6Br2F3NO. The number of halogens is 5. The lowest BCUT2D eigenvalue weighted by molar-refractivity contribution is -0.165. The Balaban J connectivity index is 2.78. The molecule has 0 radical (unpaired) electrons. The first kappa shape index (κ1) is 14.3. The van der Waals surface area contributed by atoms with Crippen molar-refractivity contribution in [2.24, 2.45) is 5.92 Å². The first-order chi connectivity index (χ1) is 7.86. The summed E-state index contributed by atoms with van der Waals surface area (Å²) in [5.74, 6) is -1.89. The van der Waals surface area contributed by atoms with Gasteiger partial charge in [0.15, 0.2) is 5.92 Å². The van der Waals surface area contributed by atoms with Crippen molar-refractivity contribution in [1.82, 2.24) is 0 Å². The Kier molecular flexibility index (Phi) is 4.83. The number of benzene rings is 1. The average molecular weight is 373 g/mol. The van der Waals surface area contributed by atoms with Crippen molar-refractivity contribution >= 4 is 31.9 Å². The van der Waals surface area contributed by atoms with Gasteiger partial charge in [-0.05, 0) is 44.0 Å². The molecule has 0 saturated carbocycles. The fraction of sp³-hybridized carbons (Fsp3) is 0.300. The van der Waals surface area contributed by atoms with Gasteiger partial charge in [-0.3, -0.25) is 0 Å². The van der Waals surface area contributed by atoms with E-state index in [-0.39, 0.29) is 5.75 Å². The second kappa shape index (κ2) is 5.74. The van der Waals surface area contributed by atoms with E-state index in [9.17, 15) is 13.2 Å². The molecule has 17 heavy (non-hydrogen) atoms. The van der Waals surface area contributed by atoms with Gasteiger partial charge in [-0.2, -0.15) is 18.4 Å². The predicted octanol–water partition coefficient (Wildman–Crippen LogP) is 4.29. The molecule has 0 aliphatic rings. The maximum absolute atomic E-state index is 12.3. The standard InChI is InChI=1S/C10H6Br2F3NO/c11-7-2-1-3-8(12)9(7)17-5-6(4-16)10(13,14)15/h1-3,6H,5H2. The van der Waals surface area contributed by atoms with Gasteiger partial charge < -0.3 is 4.74 Å². The van der Waals surface area contributed by atoms with Crippen molar-refractivity contribution in [2.75, 3.05) is 6.61 Å². The van der Waals surface area contributed by atoms with Crippen LogP contribution >= 0.6 is 31.9 Å². The lowest BCUT2D eigenvalue weighted by Crippen LogP contribution is -2.27. The SMILES string of the molecule is N#CC(COc1c(Br)cccc1Br)C(F)(F)F. The molecule has 1 unspecified atom stereocenters. The Bertz CT molecular complexity index is 422. The third-order valence-electron chi connectivity index (χ3n) is 1.86. The van der Waals surface area contributed by atoms with Crippen LogP contribution in [-0.4, -0.2) is 12.8 Å². The van der Waals surface area contributed by atoms with Crippen molar-refractivity contribution in [2.45, 2.75) is 6.18 Å². The second-order valence-corrected chi connectivity index (χ2v) is 4.79. The first-order valence-electron chi connectivity index (χ1n) is 4.39. The normalized spacial score (nSPS) is 12.9. The second-order valence-electron chi connectivity index (χ2n) is 3.09. The Labute approximate surface area is 113 Å². The minimum absolute atomic E-state index is 0.247. The molecule has 1 aromatic rings. The molecular weight excluding hydrogens is 367 g/mol. The average Bonchev–Trinajstić information content (AvgIpc) is 2.20. The lowest BCUT2D eigenvalue weighted by Gasteiger charge is -2.15. The Morgan fingerprint density at radius 3 is 2.24 bits per heavy atom. The number of hydrogen-bond acceptors (Lipinski definition) is 2. The van der Waals surface area contributed by atoms with E-state index in [2.05, 4.69) is 31.9 Å². The number of nitrogens with zero attached hydrogens (tertiary/aromatic N) is 1. The summed E-state index contributed by atoms with van der Waals surface area (Å²) in [5.41, 5.74) is 0. The summed E-state index contributed by atoms with van der Waals surface area (Å²) in [5, 5.41) is 8.40. The number of hydrogen-bond donors (Lipinski definition) is 0. The molecule has 0 N–H and O–H groups in total. The van der Waals surface area contributed by atoms with Crippen molar-refractivity contribution in [3.8, 4) is 11.8 Å². The predicted molar refractivity (Wildman–Crippen MR) is 62.5 cm³/mol. The highest BCUT2D eigenvalue weighted by Crippen LogP contribution is 2.34. The van der Waals surface area contributed by atoms with Crippen molar-refractivity contribution in [3.63, 3.8) is 0 Å². The zero-order valence-corrected chi connectivity index (χ0v) is 11.4. The molecule has 1 aromatic carbocycles. The first-order valence-corrected chi connectivity index (χ1v) is 5.98. The van der Waals surface area contributed by atoms with Crippen molar-refractivity contribution in [1.29, 1.82) is 5.26 Å². The van der Waals surface area contributed by atoms with Gasteiger partial charge in [-0.25, -0.2) is 0 Å². The van der Waals surface area contributed by atoms with Gasteiger partial charge in [0.2, 0.25) is 0 Å². The van der Waals surface area contributed by atoms with E-state index in [0.29, 0.717) is 8.95 Å². The van der Waals surface area contributed by atoms with E-state index in [1.807, 2.05) is 0 Å².